The molecule has 0 amide bonds. The van der Waals surface area contributed by atoms with Crippen molar-refractivity contribution in [1.29, 1.82) is 0 Å². The smallest absolute Gasteiger partial charge is 0.221 e. The molecule has 0 bridgehead atoms. The van der Waals surface area contributed by atoms with Crippen molar-refractivity contribution in [1.82, 2.24) is 9.97 Å². The van der Waals surface area contributed by atoms with E-state index in [1.807, 2.05) is 72.1 Å². The average Bonchev–Trinajstić information content (AvgIpc) is 3.63. The zero-order valence-electron chi connectivity index (χ0n) is 30.0. The number of benzene rings is 2. The molecule has 0 saturated carbocycles. The largest absolute Gasteiger partial charge is 0.512 e. The number of allylic oxidation sites excluding steroid dienone is 2. The fraction of sp³-hybridized carbons (Fsp3) is 0.425. The Labute approximate surface area is 303 Å². The Balaban J connectivity index is 0.000000301. The van der Waals surface area contributed by atoms with Gasteiger partial charge in [0.25, 0.3) is 0 Å². The SMILES string of the molecule is C=CSc1c[c-]c(-c2ncnc3oc4ccc5occ(C)c5c4c23)cc1C(C)(C)C.CCC(C)(CC)C(=O)/C=C(\O)C(C)(CC)CC.[Ir]. The molecule has 0 saturated heterocycles. The predicted octanol–water partition coefficient (Wildman–Crippen LogP) is 12.1. The summed E-state index contributed by atoms with van der Waals surface area (Å²) in [7, 11) is 0. The number of hydrogen-bond donors (Lipinski definition) is 1. The Morgan fingerprint density at radius 2 is 1.58 bits per heavy atom. The molecule has 3 aromatic heterocycles. The van der Waals surface area contributed by atoms with Gasteiger partial charge in [0.2, 0.25) is 5.71 Å². The summed E-state index contributed by atoms with van der Waals surface area (Å²) in [6.07, 6.45) is 8.08. The molecule has 259 valence electrons. The number of aromatic nitrogens is 2. The van der Waals surface area contributed by atoms with Gasteiger partial charge in [0.1, 0.15) is 23.3 Å². The number of nitrogens with zero attached hydrogens (tertiary/aromatic N) is 2. The van der Waals surface area contributed by atoms with Crippen LogP contribution in [0, 0.1) is 23.8 Å². The van der Waals surface area contributed by atoms with Gasteiger partial charge in [0, 0.05) is 58.9 Å². The first-order chi connectivity index (χ1) is 22.2. The van der Waals surface area contributed by atoms with Gasteiger partial charge in [-0.2, -0.15) is 11.8 Å². The summed E-state index contributed by atoms with van der Waals surface area (Å²) in [6.45, 7) is 24.6. The maximum Gasteiger partial charge on any atom is 0.221 e. The zero-order valence-corrected chi connectivity index (χ0v) is 33.2. The molecular formula is C40H49IrN2O4S-. The van der Waals surface area contributed by atoms with Gasteiger partial charge in [-0.1, -0.05) is 73.8 Å². The van der Waals surface area contributed by atoms with E-state index in [0.717, 1.165) is 74.7 Å². The minimum absolute atomic E-state index is 0. The normalized spacial score (nSPS) is 12.6. The van der Waals surface area contributed by atoms with Crippen LogP contribution in [0.4, 0.5) is 0 Å². The third-order valence-corrected chi connectivity index (χ3v) is 10.7. The Kier molecular flexibility index (Phi) is 12.7. The molecule has 3 heterocycles. The number of aryl methyl sites for hydroxylation is 1. The summed E-state index contributed by atoms with van der Waals surface area (Å²) in [5, 5.41) is 14.9. The van der Waals surface area contributed by atoms with Crippen LogP contribution in [0.15, 0.2) is 74.4 Å². The number of carbonyl (C=O) groups excluding carboxylic acids is 1. The van der Waals surface area contributed by atoms with Crippen LogP contribution >= 0.6 is 11.8 Å². The summed E-state index contributed by atoms with van der Waals surface area (Å²) < 4.78 is 11.8. The van der Waals surface area contributed by atoms with E-state index in [2.05, 4.69) is 49.5 Å². The number of aliphatic hydroxyl groups excluding tert-OH is 1. The summed E-state index contributed by atoms with van der Waals surface area (Å²) in [5.41, 5.74) is 5.55. The summed E-state index contributed by atoms with van der Waals surface area (Å²) in [4.78, 5) is 22.4. The number of hydrogen-bond acceptors (Lipinski definition) is 7. The molecule has 0 aliphatic carbocycles. The predicted molar refractivity (Wildman–Crippen MR) is 196 cm³/mol. The molecule has 1 radical (unpaired) electrons. The van der Waals surface area contributed by atoms with Gasteiger partial charge < -0.3 is 13.9 Å². The monoisotopic (exact) mass is 846 g/mol. The van der Waals surface area contributed by atoms with Crippen molar-refractivity contribution in [2.24, 2.45) is 10.8 Å². The molecule has 0 fully saturated rings. The van der Waals surface area contributed by atoms with Gasteiger partial charge in [-0.15, -0.1) is 29.3 Å². The fourth-order valence-corrected chi connectivity index (χ4v) is 6.45. The van der Waals surface area contributed by atoms with Gasteiger partial charge in [0.05, 0.1) is 6.26 Å². The van der Waals surface area contributed by atoms with Crippen LogP contribution in [0.2, 0.25) is 0 Å². The van der Waals surface area contributed by atoms with E-state index in [1.54, 1.807) is 24.4 Å². The molecule has 48 heavy (non-hydrogen) atoms. The third-order valence-electron chi connectivity index (χ3n) is 9.94. The Hall–Kier alpha value is -3.19. The topological polar surface area (TPSA) is 89.4 Å². The number of ketones is 1. The van der Waals surface area contributed by atoms with Gasteiger partial charge in [-0.25, -0.2) is 4.98 Å². The zero-order chi connectivity index (χ0) is 34.7. The first-order valence-corrected chi connectivity index (χ1v) is 17.4. The number of aliphatic hydroxyl groups is 1. The van der Waals surface area contributed by atoms with Crippen LogP contribution in [-0.4, -0.2) is 20.9 Å². The summed E-state index contributed by atoms with van der Waals surface area (Å²) in [5.74, 6) is 0.286. The number of thioether (sulfide) groups is 1. The van der Waals surface area contributed by atoms with E-state index < -0.39 is 0 Å². The quantitative estimate of drug-likeness (QED) is 0.0648. The van der Waals surface area contributed by atoms with Gasteiger partial charge in [0.15, 0.2) is 5.78 Å². The van der Waals surface area contributed by atoms with Crippen molar-refractivity contribution in [2.45, 2.75) is 105 Å². The van der Waals surface area contributed by atoms with Crippen LogP contribution in [0.3, 0.4) is 0 Å². The maximum atomic E-state index is 12.2. The van der Waals surface area contributed by atoms with Crippen molar-refractivity contribution in [3.63, 3.8) is 0 Å². The van der Waals surface area contributed by atoms with Crippen molar-refractivity contribution in [3.8, 4) is 11.3 Å². The summed E-state index contributed by atoms with van der Waals surface area (Å²) in [6, 6.07) is 11.5. The first-order valence-electron chi connectivity index (χ1n) is 16.5. The average molecular weight is 846 g/mol. The Morgan fingerprint density at radius 1 is 0.958 bits per heavy atom. The van der Waals surface area contributed by atoms with E-state index in [4.69, 9.17) is 8.83 Å². The van der Waals surface area contributed by atoms with Crippen LogP contribution < -0.4 is 0 Å². The van der Waals surface area contributed by atoms with Crippen LogP contribution in [0.25, 0.3) is 44.3 Å². The van der Waals surface area contributed by atoms with E-state index in [1.165, 1.54) is 11.6 Å². The molecule has 0 unspecified atom stereocenters. The molecule has 0 spiro atoms. The van der Waals surface area contributed by atoms with E-state index >= 15 is 0 Å². The molecule has 0 atom stereocenters. The molecule has 5 rings (SSSR count). The molecule has 2 aromatic carbocycles. The van der Waals surface area contributed by atoms with Crippen LogP contribution in [-0.2, 0) is 30.3 Å². The number of fused-ring (bicyclic) bond motifs is 5. The third kappa shape index (κ3) is 7.66. The van der Waals surface area contributed by atoms with Crippen molar-refractivity contribution >= 4 is 50.6 Å². The van der Waals surface area contributed by atoms with Crippen molar-refractivity contribution in [2.75, 3.05) is 0 Å². The standard InChI is InChI=1S/C25H21N2O2S.C15H28O2.Ir/c1-6-30-19-10-7-15(11-16(19)25(3,4)5)23-22-21-18(29-24(22)27-13-26-23)9-8-17-20(21)14(2)12-28-17;1-7-14(5,8-2)12(16)11-13(17)15(6,9-3)10-4;/h6,8-13H,1H2,2-5H3;11,16H,7-10H2,1-6H3;/q-1;;/b;12-11-;. The van der Waals surface area contributed by atoms with Gasteiger partial charge in [-0.05, 0) is 61.1 Å². The van der Waals surface area contributed by atoms with Gasteiger partial charge >= 0.3 is 0 Å². The fourth-order valence-electron chi connectivity index (χ4n) is 5.65. The van der Waals surface area contributed by atoms with Crippen LogP contribution in [0.5, 0.6) is 0 Å². The first kappa shape index (κ1) is 39.2. The second-order valence-corrected chi connectivity index (χ2v) is 14.8. The molecular weight excluding hydrogens is 797 g/mol. The molecule has 6 nitrogen and oxygen atoms in total. The molecule has 0 aliphatic rings. The second kappa shape index (κ2) is 15.6. The molecule has 0 aliphatic heterocycles. The van der Waals surface area contributed by atoms with E-state index in [0.29, 0.717) is 5.71 Å². The summed E-state index contributed by atoms with van der Waals surface area (Å²) >= 11 is 1.61. The minimum atomic E-state index is -0.337. The molecule has 1 N–H and O–H groups in total. The maximum absolute atomic E-state index is 12.2. The minimum Gasteiger partial charge on any atom is -0.512 e. The van der Waals surface area contributed by atoms with Crippen molar-refractivity contribution in [3.05, 3.63) is 77.9 Å². The number of rotatable bonds is 10. The Morgan fingerprint density at radius 3 is 2.17 bits per heavy atom. The van der Waals surface area contributed by atoms with Crippen molar-refractivity contribution < 1.29 is 38.8 Å². The number of furan rings is 2. The molecule has 5 aromatic rings. The second-order valence-electron chi connectivity index (χ2n) is 13.8. The van der Waals surface area contributed by atoms with E-state index in [9.17, 15) is 9.90 Å². The Bertz CT molecular complexity index is 1940. The van der Waals surface area contributed by atoms with Gasteiger partial charge in [-0.3, -0.25) is 9.78 Å². The van der Waals surface area contributed by atoms with E-state index in [-0.39, 0.29) is 47.9 Å². The van der Waals surface area contributed by atoms with Crippen LogP contribution in [0.1, 0.15) is 99.1 Å². The number of carbonyl (C=O) groups is 1. The molecule has 8 heteroatoms.